The van der Waals surface area contributed by atoms with Crippen LogP contribution in [-0.4, -0.2) is 4.57 Å². The highest BCUT2D eigenvalue weighted by Crippen LogP contribution is 2.44. The van der Waals surface area contributed by atoms with Gasteiger partial charge in [-0.1, -0.05) is 49.6 Å². The maximum Gasteiger partial charge on any atom is 0.0503 e. The molecule has 0 bridgehead atoms. The summed E-state index contributed by atoms with van der Waals surface area (Å²) in [6, 6.07) is 20.7. The Morgan fingerprint density at radius 1 is 0.778 bits per heavy atom. The third-order valence-electron chi connectivity index (χ3n) is 6.61. The minimum Gasteiger partial charge on any atom is -0.344 e. The summed E-state index contributed by atoms with van der Waals surface area (Å²) in [5.74, 6) is 0.739. The SMILES string of the molecule is Cn1c2ccccc2c2cc3c(cc21)sc1cccc(C2CCCCC2)c13. The van der Waals surface area contributed by atoms with Gasteiger partial charge in [-0.3, -0.25) is 0 Å². The van der Waals surface area contributed by atoms with Crippen LogP contribution in [-0.2, 0) is 7.05 Å². The summed E-state index contributed by atoms with van der Waals surface area (Å²) in [5, 5.41) is 5.74. The van der Waals surface area contributed by atoms with Crippen LogP contribution in [0.2, 0.25) is 0 Å². The highest BCUT2D eigenvalue weighted by molar-refractivity contribution is 7.25. The van der Waals surface area contributed by atoms with Crippen molar-refractivity contribution < 1.29 is 0 Å². The fourth-order valence-electron chi connectivity index (χ4n) is 5.26. The van der Waals surface area contributed by atoms with Crippen LogP contribution < -0.4 is 0 Å². The molecule has 0 radical (unpaired) electrons. The Morgan fingerprint density at radius 3 is 2.52 bits per heavy atom. The summed E-state index contributed by atoms with van der Waals surface area (Å²) in [6.45, 7) is 0. The lowest BCUT2D eigenvalue weighted by Crippen LogP contribution is -2.04. The highest BCUT2D eigenvalue weighted by atomic mass is 32.1. The van der Waals surface area contributed by atoms with Crippen molar-refractivity contribution in [2.24, 2.45) is 7.05 Å². The molecule has 1 saturated carbocycles. The molecule has 2 heterocycles. The van der Waals surface area contributed by atoms with Crippen LogP contribution in [0.3, 0.4) is 0 Å². The van der Waals surface area contributed by atoms with Gasteiger partial charge in [0.05, 0.1) is 5.52 Å². The van der Waals surface area contributed by atoms with Gasteiger partial charge in [-0.15, -0.1) is 11.3 Å². The maximum absolute atomic E-state index is 2.47. The first-order valence-electron chi connectivity index (χ1n) is 10.1. The fourth-order valence-corrected chi connectivity index (χ4v) is 6.41. The van der Waals surface area contributed by atoms with Crippen LogP contribution in [0.15, 0.2) is 54.6 Å². The molecule has 0 atom stereocenters. The Bertz CT molecular complexity index is 1310. The molecule has 0 aliphatic heterocycles. The summed E-state index contributed by atoms with van der Waals surface area (Å²) >= 11 is 1.96. The summed E-state index contributed by atoms with van der Waals surface area (Å²) < 4.78 is 5.22. The highest BCUT2D eigenvalue weighted by Gasteiger charge is 2.20. The van der Waals surface area contributed by atoms with Gasteiger partial charge in [-0.05, 0) is 48.6 Å². The maximum atomic E-state index is 2.47. The fraction of sp³-hybridized carbons (Fsp3) is 0.280. The molecule has 5 aromatic rings. The summed E-state index contributed by atoms with van der Waals surface area (Å²) in [7, 11) is 2.19. The van der Waals surface area contributed by atoms with Gasteiger partial charge < -0.3 is 4.57 Å². The second-order valence-electron chi connectivity index (χ2n) is 8.10. The quantitative estimate of drug-likeness (QED) is 0.285. The number of benzene rings is 3. The van der Waals surface area contributed by atoms with E-state index in [9.17, 15) is 0 Å². The lowest BCUT2D eigenvalue weighted by molar-refractivity contribution is 0.445. The molecule has 2 heteroatoms. The first-order chi connectivity index (χ1) is 13.3. The van der Waals surface area contributed by atoms with E-state index in [0.29, 0.717) is 0 Å². The molecule has 0 saturated heterocycles. The Labute approximate surface area is 163 Å². The number of hydrogen-bond acceptors (Lipinski definition) is 1. The second-order valence-corrected chi connectivity index (χ2v) is 9.18. The number of aromatic nitrogens is 1. The monoisotopic (exact) mass is 369 g/mol. The summed E-state index contributed by atoms with van der Waals surface area (Å²) in [4.78, 5) is 0. The Morgan fingerprint density at radius 2 is 1.63 bits per heavy atom. The predicted octanol–water partition coefficient (Wildman–Crippen LogP) is 7.75. The molecule has 3 aromatic carbocycles. The molecular weight excluding hydrogens is 346 g/mol. The lowest BCUT2D eigenvalue weighted by atomic mass is 9.82. The molecule has 1 aliphatic rings. The van der Waals surface area contributed by atoms with Gasteiger partial charge in [0, 0.05) is 43.5 Å². The smallest absolute Gasteiger partial charge is 0.0503 e. The van der Waals surface area contributed by atoms with E-state index < -0.39 is 0 Å². The minimum atomic E-state index is 0.739. The standard InChI is InChI=1S/C25H23NS/c1-26-21-12-6-5-10-18(21)19-14-20-24(15-22(19)26)27-23-13-7-11-17(25(20)23)16-8-3-2-4-9-16/h5-7,10-16H,2-4,8-9H2,1H3. The van der Waals surface area contributed by atoms with Crippen LogP contribution in [0.25, 0.3) is 42.0 Å². The van der Waals surface area contributed by atoms with Gasteiger partial charge in [-0.2, -0.15) is 0 Å². The predicted molar refractivity (Wildman–Crippen MR) is 119 cm³/mol. The third kappa shape index (κ3) is 2.23. The topological polar surface area (TPSA) is 4.93 Å². The van der Waals surface area contributed by atoms with Crippen molar-refractivity contribution in [1.29, 1.82) is 0 Å². The van der Waals surface area contributed by atoms with Gasteiger partial charge >= 0.3 is 0 Å². The number of para-hydroxylation sites is 1. The van der Waals surface area contributed by atoms with E-state index in [0.717, 1.165) is 5.92 Å². The molecule has 0 N–H and O–H groups in total. The van der Waals surface area contributed by atoms with Crippen molar-refractivity contribution in [3.05, 3.63) is 60.2 Å². The number of nitrogens with zero attached hydrogens (tertiary/aromatic N) is 1. The number of fused-ring (bicyclic) bond motifs is 6. The zero-order valence-electron chi connectivity index (χ0n) is 15.7. The van der Waals surface area contributed by atoms with Gasteiger partial charge in [-0.25, -0.2) is 0 Å². The molecule has 6 rings (SSSR count). The van der Waals surface area contributed by atoms with Crippen LogP contribution in [0.4, 0.5) is 0 Å². The molecule has 27 heavy (non-hydrogen) atoms. The number of thiophene rings is 1. The molecular formula is C25H23NS. The van der Waals surface area contributed by atoms with E-state index in [4.69, 9.17) is 0 Å². The van der Waals surface area contributed by atoms with Crippen molar-refractivity contribution in [2.45, 2.75) is 38.0 Å². The number of hydrogen-bond donors (Lipinski definition) is 0. The van der Waals surface area contributed by atoms with Crippen molar-refractivity contribution >= 4 is 53.3 Å². The Balaban J connectivity index is 1.72. The van der Waals surface area contributed by atoms with Gasteiger partial charge in [0.15, 0.2) is 0 Å². The van der Waals surface area contributed by atoms with Gasteiger partial charge in [0.1, 0.15) is 0 Å². The van der Waals surface area contributed by atoms with Crippen molar-refractivity contribution in [1.82, 2.24) is 4.57 Å². The van der Waals surface area contributed by atoms with E-state index >= 15 is 0 Å². The van der Waals surface area contributed by atoms with Crippen LogP contribution in [0.1, 0.15) is 43.6 Å². The van der Waals surface area contributed by atoms with Crippen LogP contribution in [0.5, 0.6) is 0 Å². The van der Waals surface area contributed by atoms with Gasteiger partial charge in [0.25, 0.3) is 0 Å². The molecule has 1 fully saturated rings. The van der Waals surface area contributed by atoms with E-state index in [1.807, 2.05) is 11.3 Å². The number of rotatable bonds is 1. The van der Waals surface area contributed by atoms with E-state index in [1.54, 1.807) is 5.56 Å². The molecule has 1 aliphatic carbocycles. The molecule has 134 valence electrons. The largest absolute Gasteiger partial charge is 0.344 e. The van der Waals surface area contributed by atoms with Gasteiger partial charge in [0.2, 0.25) is 0 Å². The van der Waals surface area contributed by atoms with E-state index in [1.165, 1.54) is 74.1 Å². The second kappa shape index (κ2) is 5.84. The zero-order valence-corrected chi connectivity index (χ0v) is 16.5. The van der Waals surface area contributed by atoms with Crippen molar-refractivity contribution in [3.63, 3.8) is 0 Å². The van der Waals surface area contributed by atoms with Crippen LogP contribution >= 0.6 is 11.3 Å². The van der Waals surface area contributed by atoms with Crippen molar-refractivity contribution in [2.75, 3.05) is 0 Å². The summed E-state index contributed by atoms with van der Waals surface area (Å²) in [6.07, 6.45) is 6.89. The zero-order chi connectivity index (χ0) is 18.0. The lowest BCUT2D eigenvalue weighted by Gasteiger charge is -2.22. The third-order valence-corrected chi connectivity index (χ3v) is 7.73. The average molecular weight is 370 g/mol. The van der Waals surface area contributed by atoms with E-state index in [-0.39, 0.29) is 0 Å². The minimum absolute atomic E-state index is 0.739. The molecule has 0 unspecified atom stereocenters. The average Bonchev–Trinajstić information content (AvgIpc) is 3.23. The van der Waals surface area contributed by atoms with Crippen molar-refractivity contribution in [3.8, 4) is 0 Å². The van der Waals surface area contributed by atoms with E-state index in [2.05, 4.69) is 66.2 Å². The molecule has 1 nitrogen and oxygen atoms in total. The number of aryl methyl sites for hydroxylation is 1. The normalized spacial score (nSPS) is 16.2. The summed E-state index contributed by atoms with van der Waals surface area (Å²) in [5.41, 5.74) is 4.26. The molecule has 2 aromatic heterocycles. The Kier molecular flexibility index (Phi) is 3.40. The molecule has 0 amide bonds. The Hall–Kier alpha value is -2.32. The first kappa shape index (κ1) is 15.7. The first-order valence-corrected chi connectivity index (χ1v) is 11.0. The van der Waals surface area contributed by atoms with Crippen LogP contribution in [0, 0.1) is 0 Å². The molecule has 0 spiro atoms.